The SMILES string of the molecule is CC(NC(=O)c1nnc(C2CC2)o1)c1ccc(C(F)(F)F)nc1Cl. The molecule has 0 aliphatic heterocycles. The molecule has 128 valence electrons. The highest BCUT2D eigenvalue weighted by atomic mass is 35.5. The number of pyridine rings is 1. The first-order chi connectivity index (χ1) is 11.3. The molecule has 1 fully saturated rings. The number of rotatable bonds is 4. The fourth-order valence-corrected chi connectivity index (χ4v) is 2.40. The third-order valence-electron chi connectivity index (χ3n) is 3.54. The number of amides is 1. The molecule has 1 N–H and O–H groups in total. The van der Waals surface area contributed by atoms with Crippen LogP contribution in [0, 0.1) is 0 Å². The third kappa shape index (κ3) is 3.50. The molecule has 1 aliphatic rings. The molecule has 0 bridgehead atoms. The molecule has 0 saturated heterocycles. The summed E-state index contributed by atoms with van der Waals surface area (Å²) in [6, 6.07) is 1.30. The average molecular weight is 361 g/mol. The van der Waals surface area contributed by atoms with Gasteiger partial charge in [0.15, 0.2) is 0 Å². The van der Waals surface area contributed by atoms with E-state index in [4.69, 9.17) is 16.0 Å². The highest BCUT2D eigenvalue weighted by molar-refractivity contribution is 6.30. The van der Waals surface area contributed by atoms with Crippen LogP contribution in [-0.4, -0.2) is 21.1 Å². The molecule has 24 heavy (non-hydrogen) atoms. The smallest absolute Gasteiger partial charge is 0.417 e. The summed E-state index contributed by atoms with van der Waals surface area (Å²) < 4.78 is 43.0. The molecule has 1 amide bonds. The molecule has 2 heterocycles. The molecule has 2 aromatic rings. The zero-order valence-corrected chi connectivity index (χ0v) is 13.1. The van der Waals surface area contributed by atoms with Crippen molar-refractivity contribution in [3.63, 3.8) is 0 Å². The van der Waals surface area contributed by atoms with Gasteiger partial charge < -0.3 is 9.73 Å². The zero-order valence-electron chi connectivity index (χ0n) is 12.4. The fraction of sp³-hybridized carbons (Fsp3) is 0.429. The van der Waals surface area contributed by atoms with Gasteiger partial charge in [0.25, 0.3) is 0 Å². The van der Waals surface area contributed by atoms with Crippen LogP contribution in [0.15, 0.2) is 16.5 Å². The quantitative estimate of drug-likeness (QED) is 0.844. The van der Waals surface area contributed by atoms with E-state index in [1.165, 1.54) is 6.07 Å². The Morgan fingerprint density at radius 2 is 2.08 bits per heavy atom. The molecule has 1 unspecified atom stereocenters. The number of hydrogen-bond donors (Lipinski definition) is 1. The summed E-state index contributed by atoms with van der Waals surface area (Å²) in [4.78, 5) is 15.4. The minimum Gasteiger partial charge on any atom is -0.417 e. The average Bonchev–Trinajstić information content (AvgIpc) is 3.23. The normalized spacial score (nSPS) is 16.0. The van der Waals surface area contributed by atoms with E-state index in [9.17, 15) is 18.0 Å². The summed E-state index contributed by atoms with van der Waals surface area (Å²) in [6.07, 6.45) is -2.68. The van der Waals surface area contributed by atoms with E-state index in [1.54, 1.807) is 6.92 Å². The van der Waals surface area contributed by atoms with E-state index < -0.39 is 23.8 Å². The topological polar surface area (TPSA) is 80.9 Å². The van der Waals surface area contributed by atoms with Gasteiger partial charge in [0.1, 0.15) is 10.8 Å². The summed E-state index contributed by atoms with van der Waals surface area (Å²) in [6.45, 7) is 1.56. The van der Waals surface area contributed by atoms with Crippen molar-refractivity contribution >= 4 is 17.5 Å². The van der Waals surface area contributed by atoms with Crippen LogP contribution in [-0.2, 0) is 6.18 Å². The maximum absolute atomic E-state index is 12.6. The van der Waals surface area contributed by atoms with Crippen molar-refractivity contribution in [3.05, 3.63) is 40.3 Å². The number of aromatic nitrogens is 3. The van der Waals surface area contributed by atoms with Crippen LogP contribution < -0.4 is 5.32 Å². The Bertz CT molecular complexity index is 774. The second-order valence-corrected chi connectivity index (χ2v) is 5.85. The summed E-state index contributed by atoms with van der Waals surface area (Å²) in [5, 5.41) is 9.67. The van der Waals surface area contributed by atoms with Crippen molar-refractivity contribution in [2.24, 2.45) is 0 Å². The van der Waals surface area contributed by atoms with Crippen molar-refractivity contribution in [2.75, 3.05) is 0 Å². The Labute approximate surface area is 139 Å². The van der Waals surface area contributed by atoms with Gasteiger partial charge in [-0.1, -0.05) is 17.7 Å². The Morgan fingerprint density at radius 3 is 2.67 bits per heavy atom. The molecule has 2 aromatic heterocycles. The van der Waals surface area contributed by atoms with E-state index in [0.29, 0.717) is 5.89 Å². The zero-order chi connectivity index (χ0) is 17.5. The van der Waals surface area contributed by atoms with Crippen molar-refractivity contribution in [1.82, 2.24) is 20.5 Å². The van der Waals surface area contributed by atoms with Crippen LogP contribution in [0.1, 0.15) is 59.6 Å². The number of halogens is 4. The third-order valence-corrected chi connectivity index (χ3v) is 3.85. The van der Waals surface area contributed by atoms with Gasteiger partial charge in [0, 0.05) is 11.5 Å². The first-order valence-corrected chi connectivity index (χ1v) is 7.51. The van der Waals surface area contributed by atoms with Crippen LogP contribution in [0.4, 0.5) is 13.2 Å². The van der Waals surface area contributed by atoms with E-state index in [0.717, 1.165) is 18.9 Å². The molecule has 3 rings (SSSR count). The van der Waals surface area contributed by atoms with Crippen molar-refractivity contribution < 1.29 is 22.4 Å². The first kappa shape index (κ1) is 16.7. The molecular weight excluding hydrogens is 349 g/mol. The highest BCUT2D eigenvalue weighted by Gasteiger charge is 2.33. The number of nitrogens with zero attached hydrogens (tertiary/aromatic N) is 3. The van der Waals surface area contributed by atoms with Crippen LogP contribution in [0.5, 0.6) is 0 Å². The number of alkyl halides is 3. The van der Waals surface area contributed by atoms with E-state index >= 15 is 0 Å². The maximum Gasteiger partial charge on any atom is 0.433 e. The fourth-order valence-electron chi connectivity index (χ4n) is 2.08. The van der Waals surface area contributed by atoms with Gasteiger partial charge in [-0.3, -0.25) is 4.79 Å². The van der Waals surface area contributed by atoms with Gasteiger partial charge in [-0.25, -0.2) is 4.98 Å². The lowest BCUT2D eigenvalue weighted by Crippen LogP contribution is -2.27. The molecule has 0 spiro atoms. The summed E-state index contributed by atoms with van der Waals surface area (Å²) in [5.41, 5.74) is -0.847. The van der Waals surface area contributed by atoms with Crippen molar-refractivity contribution in [3.8, 4) is 0 Å². The standard InChI is InChI=1S/C14H12ClF3N4O2/c1-6(8-4-5-9(14(16,17)18)20-10(8)15)19-11(23)13-22-21-12(24-13)7-2-3-7/h4-7H,2-3H2,1H3,(H,19,23). The summed E-state index contributed by atoms with van der Waals surface area (Å²) in [5.74, 6) is -0.190. The molecule has 1 saturated carbocycles. The number of carbonyl (C=O) groups excluding carboxylic acids is 1. The van der Waals surface area contributed by atoms with Crippen LogP contribution in [0.3, 0.4) is 0 Å². The number of nitrogens with one attached hydrogen (secondary N) is 1. The first-order valence-electron chi connectivity index (χ1n) is 7.13. The minimum absolute atomic E-state index is 0.195. The molecule has 6 nitrogen and oxygen atoms in total. The Hall–Kier alpha value is -2.16. The van der Waals surface area contributed by atoms with Gasteiger partial charge >= 0.3 is 18.0 Å². The maximum atomic E-state index is 12.6. The Morgan fingerprint density at radius 1 is 1.38 bits per heavy atom. The van der Waals surface area contributed by atoms with E-state index in [2.05, 4.69) is 20.5 Å². The van der Waals surface area contributed by atoms with Gasteiger partial charge in [0.05, 0.1) is 6.04 Å². The lowest BCUT2D eigenvalue weighted by molar-refractivity contribution is -0.141. The number of hydrogen-bond acceptors (Lipinski definition) is 5. The highest BCUT2D eigenvalue weighted by Crippen LogP contribution is 2.39. The largest absolute Gasteiger partial charge is 0.433 e. The molecular formula is C14H12ClF3N4O2. The van der Waals surface area contributed by atoms with Crippen molar-refractivity contribution in [2.45, 2.75) is 37.9 Å². The summed E-state index contributed by atoms with van der Waals surface area (Å²) in [7, 11) is 0. The van der Waals surface area contributed by atoms with Gasteiger partial charge in [-0.05, 0) is 25.8 Å². The predicted octanol–water partition coefficient (Wildman–Crippen LogP) is 3.51. The van der Waals surface area contributed by atoms with Gasteiger partial charge in [-0.2, -0.15) is 13.2 Å². The van der Waals surface area contributed by atoms with Gasteiger partial charge in [-0.15, -0.1) is 10.2 Å². The lowest BCUT2D eigenvalue weighted by atomic mass is 10.1. The predicted molar refractivity (Wildman–Crippen MR) is 76.4 cm³/mol. The van der Waals surface area contributed by atoms with E-state index in [-0.39, 0.29) is 22.5 Å². The summed E-state index contributed by atoms with van der Waals surface area (Å²) >= 11 is 5.80. The second-order valence-electron chi connectivity index (χ2n) is 5.49. The molecule has 1 atom stereocenters. The van der Waals surface area contributed by atoms with Crippen molar-refractivity contribution in [1.29, 1.82) is 0 Å². The van der Waals surface area contributed by atoms with Crippen LogP contribution in [0.25, 0.3) is 0 Å². The van der Waals surface area contributed by atoms with E-state index in [1.807, 2.05) is 0 Å². The Kier molecular flexibility index (Phi) is 4.20. The molecule has 1 aliphatic carbocycles. The molecule has 0 radical (unpaired) electrons. The monoisotopic (exact) mass is 360 g/mol. The molecule has 10 heteroatoms. The lowest BCUT2D eigenvalue weighted by Gasteiger charge is -2.15. The van der Waals surface area contributed by atoms with Gasteiger partial charge in [0.2, 0.25) is 5.89 Å². The second kappa shape index (κ2) is 6.04. The molecule has 0 aromatic carbocycles. The van der Waals surface area contributed by atoms with Crippen LogP contribution >= 0.6 is 11.6 Å². The number of carbonyl (C=O) groups is 1. The minimum atomic E-state index is -4.59. The Balaban J connectivity index is 1.71. The van der Waals surface area contributed by atoms with Crippen LogP contribution in [0.2, 0.25) is 5.15 Å².